The molecule has 0 amide bonds. The fourth-order valence-corrected chi connectivity index (χ4v) is 5.47. The van der Waals surface area contributed by atoms with Crippen LogP contribution in [0.3, 0.4) is 0 Å². The van der Waals surface area contributed by atoms with Crippen LogP contribution in [0, 0.1) is 12.7 Å². The maximum Gasteiger partial charge on any atom is 0.161 e. The summed E-state index contributed by atoms with van der Waals surface area (Å²) in [5.74, 6) is 0.748. The van der Waals surface area contributed by atoms with Crippen molar-refractivity contribution in [1.29, 1.82) is 0 Å². The van der Waals surface area contributed by atoms with E-state index < -0.39 is 0 Å². The van der Waals surface area contributed by atoms with Crippen LogP contribution in [-0.2, 0) is 6.42 Å². The van der Waals surface area contributed by atoms with Gasteiger partial charge in [-0.05, 0) is 91.4 Å². The van der Waals surface area contributed by atoms with Crippen LogP contribution in [0.4, 0.5) is 15.9 Å². The van der Waals surface area contributed by atoms with E-state index in [9.17, 15) is 4.39 Å². The molecular formula is C23H29BrFN7. The van der Waals surface area contributed by atoms with Gasteiger partial charge in [0.2, 0.25) is 0 Å². The zero-order valence-electron chi connectivity index (χ0n) is 18.4. The molecule has 1 N–H and O–H groups in total. The van der Waals surface area contributed by atoms with Crippen molar-refractivity contribution in [3.8, 4) is 0 Å². The van der Waals surface area contributed by atoms with Crippen LogP contribution in [0.2, 0.25) is 0 Å². The topological polar surface area (TPSA) is 64.2 Å². The summed E-state index contributed by atoms with van der Waals surface area (Å²) in [6.45, 7) is 8.94. The van der Waals surface area contributed by atoms with E-state index in [1.807, 2.05) is 0 Å². The summed E-state index contributed by atoms with van der Waals surface area (Å²) in [6.07, 6.45) is 6.21. The molecule has 0 bridgehead atoms. The van der Waals surface area contributed by atoms with Gasteiger partial charge >= 0.3 is 0 Å². The van der Waals surface area contributed by atoms with Gasteiger partial charge in [0, 0.05) is 31.9 Å². The van der Waals surface area contributed by atoms with E-state index in [1.54, 1.807) is 18.5 Å². The van der Waals surface area contributed by atoms with Crippen LogP contribution in [-0.4, -0.2) is 70.9 Å². The average molecular weight is 502 g/mol. The summed E-state index contributed by atoms with van der Waals surface area (Å²) in [7, 11) is 0. The summed E-state index contributed by atoms with van der Waals surface area (Å²) in [5.41, 5.74) is 4.10. The summed E-state index contributed by atoms with van der Waals surface area (Å²) in [5, 5.41) is 8.03. The molecule has 32 heavy (non-hydrogen) atoms. The van der Waals surface area contributed by atoms with Crippen LogP contribution in [0.25, 0.3) is 11.0 Å². The molecule has 0 saturated carbocycles. The Balaban J connectivity index is 1.27. The van der Waals surface area contributed by atoms with Gasteiger partial charge in [0.05, 0.1) is 5.39 Å². The van der Waals surface area contributed by atoms with Crippen molar-refractivity contribution in [2.75, 3.05) is 55.6 Å². The minimum Gasteiger partial charge on any atom is -0.368 e. The smallest absolute Gasteiger partial charge is 0.161 e. The van der Waals surface area contributed by atoms with Crippen LogP contribution < -0.4 is 9.80 Å². The molecule has 0 spiro atoms. The van der Waals surface area contributed by atoms with Crippen LogP contribution in [0.5, 0.6) is 0 Å². The first-order chi connectivity index (χ1) is 15.6. The van der Waals surface area contributed by atoms with E-state index in [1.165, 1.54) is 31.5 Å². The second-order valence-electron chi connectivity index (χ2n) is 8.77. The summed E-state index contributed by atoms with van der Waals surface area (Å²) >= 11 is 3.50. The molecule has 0 unspecified atom stereocenters. The molecule has 0 radical (unpaired) electrons. The van der Waals surface area contributed by atoms with Crippen molar-refractivity contribution in [1.82, 2.24) is 25.1 Å². The van der Waals surface area contributed by atoms with Gasteiger partial charge in [-0.15, -0.1) is 0 Å². The van der Waals surface area contributed by atoms with Crippen LogP contribution >= 0.6 is 15.9 Å². The molecule has 170 valence electrons. The highest BCUT2D eigenvalue weighted by Gasteiger charge is 2.24. The van der Waals surface area contributed by atoms with E-state index in [-0.39, 0.29) is 5.82 Å². The van der Waals surface area contributed by atoms with E-state index in [4.69, 9.17) is 0 Å². The minimum atomic E-state index is -0.135. The number of aryl methyl sites for hydroxylation is 1. The van der Waals surface area contributed by atoms with E-state index >= 15 is 0 Å². The molecule has 2 fully saturated rings. The molecule has 1 aromatic carbocycles. The number of benzene rings is 1. The Morgan fingerprint density at radius 3 is 2.56 bits per heavy atom. The van der Waals surface area contributed by atoms with Crippen molar-refractivity contribution in [3.05, 3.63) is 40.0 Å². The lowest BCUT2D eigenvalue weighted by Gasteiger charge is -2.37. The van der Waals surface area contributed by atoms with Gasteiger partial charge in [-0.3, -0.25) is 5.10 Å². The number of H-pyrrole nitrogens is 1. The third-order valence-electron chi connectivity index (χ3n) is 6.79. The third-order valence-corrected chi connectivity index (χ3v) is 7.36. The lowest BCUT2D eigenvalue weighted by Crippen LogP contribution is -2.47. The number of likely N-dealkylation sites (tertiary alicyclic amines) is 1. The van der Waals surface area contributed by atoms with Crippen molar-refractivity contribution >= 4 is 38.5 Å². The Bertz CT molecular complexity index is 1090. The van der Waals surface area contributed by atoms with Gasteiger partial charge < -0.3 is 14.7 Å². The second kappa shape index (κ2) is 9.31. The lowest BCUT2D eigenvalue weighted by atomic mass is 10.0. The second-order valence-corrected chi connectivity index (χ2v) is 9.52. The Labute approximate surface area is 196 Å². The minimum absolute atomic E-state index is 0.135. The quantitative estimate of drug-likeness (QED) is 0.552. The van der Waals surface area contributed by atoms with Crippen molar-refractivity contribution in [2.45, 2.75) is 32.6 Å². The molecule has 5 rings (SSSR count). The van der Waals surface area contributed by atoms with Crippen molar-refractivity contribution < 1.29 is 4.39 Å². The van der Waals surface area contributed by atoms with Gasteiger partial charge in [0.15, 0.2) is 5.65 Å². The van der Waals surface area contributed by atoms with E-state index in [0.717, 1.165) is 78.3 Å². The predicted octanol–water partition coefficient (Wildman–Crippen LogP) is 3.92. The molecule has 2 saturated heterocycles. The number of halogens is 2. The summed E-state index contributed by atoms with van der Waals surface area (Å²) in [6, 6.07) is 3.43. The SMILES string of the molecule is Cc1c(CCCN2CCCC2)cc(F)cc1N1CCN(c2ncnc3[nH]nc(Br)c23)CC1. The van der Waals surface area contributed by atoms with Gasteiger partial charge in [-0.2, -0.15) is 5.10 Å². The number of piperazine rings is 1. The zero-order valence-corrected chi connectivity index (χ0v) is 20.0. The molecule has 0 atom stereocenters. The maximum atomic E-state index is 14.5. The Morgan fingerprint density at radius 2 is 1.78 bits per heavy atom. The monoisotopic (exact) mass is 501 g/mol. The van der Waals surface area contributed by atoms with Gasteiger partial charge in [-0.1, -0.05) is 0 Å². The summed E-state index contributed by atoms with van der Waals surface area (Å²) in [4.78, 5) is 15.9. The number of anilines is 2. The Kier molecular flexibility index (Phi) is 6.28. The molecule has 0 aliphatic carbocycles. The fraction of sp³-hybridized carbons (Fsp3) is 0.522. The van der Waals surface area contributed by atoms with Crippen molar-refractivity contribution in [3.63, 3.8) is 0 Å². The van der Waals surface area contributed by atoms with Crippen LogP contribution in [0.1, 0.15) is 30.4 Å². The molecular weight excluding hydrogens is 473 g/mol. The molecule has 4 heterocycles. The number of aromatic nitrogens is 4. The molecule has 2 aliphatic rings. The fourth-order valence-electron chi connectivity index (χ4n) is 5.02. The van der Waals surface area contributed by atoms with Gasteiger partial charge in [0.1, 0.15) is 22.6 Å². The zero-order chi connectivity index (χ0) is 22.1. The number of nitrogens with zero attached hydrogens (tertiary/aromatic N) is 6. The highest BCUT2D eigenvalue weighted by Crippen LogP contribution is 2.31. The van der Waals surface area contributed by atoms with Gasteiger partial charge in [0.25, 0.3) is 0 Å². The first kappa shape index (κ1) is 21.6. The van der Waals surface area contributed by atoms with Crippen molar-refractivity contribution in [2.24, 2.45) is 0 Å². The molecule has 3 aromatic rings. The Hall–Kier alpha value is -2.26. The highest BCUT2D eigenvalue weighted by molar-refractivity contribution is 9.10. The number of hydrogen-bond donors (Lipinski definition) is 1. The highest BCUT2D eigenvalue weighted by atomic mass is 79.9. The molecule has 7 nitrogen and oxygen atoms in total. The first-order valence-corrected chi connectivity index (χ1v) is 12.3. The largest absolute Gasteiger partial charge is 0.368 e. The number of aromatic amines is 1. The number of hydrogen-bond acceptors (Lipinski definition) is 6. The molecule has 9 heteroatoms. The first-order valence-electron chi connectivity index (χ1n) is 11.5. The lowest BCUT2D eigenvalue weighted by molar-refractivity contribution is 0.334. The number of rotatable bonds is 6. The number of nitrogens with one attached hydrogen (secondary N) is 1. The number of fused-ring (bicyclic) bond motifs is 1. The van der Waals surface area contributed by atoms with E-state index in [0.29, 0.717) is 0 Å². The molecule has 2 aliphatic heterocycles. The maximum absolute atomic E-state index is 14.5. The van der Waals surface area contributed by atoms with Crippen LogP contribution in [0.15, 0.2) is 23.1 Å². The van der Waals surface area contributed by atoms with Gasteiger partial charge in [-0.25, -0.2) is 14.4 Å². The molecule has 2 aromatic heterocycles. The Morgan fingerprint density at radius 1 is 1.03 bits per heavy atom. The summed E-state index contributed by atoms with van der Waals surface area (Å²) < 4.78 is 15.3. The normalized spacial score (nSPS) is 17.6. The average Bonchev–Trinajstić information content (AvgIpc) is 3.46. The van der Waals surface area contributed by atoms with E-state index in [2.05, 4.69) is 57.7 Å². The standard InChI is InChI=1S/C23H29BrFN7/c1-16-17(5-4-8-30-6-2-3-7-30)13-18(25)14-19(16)31-9-11-32(12-10-31)23-20-21(24)28-29-22(20)26-15-27-23/h13-15H,2-12H2,1H3,(H,26,27,28,29). The predicted molar refractivity (Wildman–Crippen MR) is 129 cm³/mol. The third kappa shape index (κ3) is 4.32.